The van der Waals surface area contributed by atoms with Crippen molar-refractivity contribution in [3.8, 4) is 0 Å². The minimum absolute atomic E-state index is 0.295. The van der Waals surface area contributed by atoms with Gasteiger partial charge in [-0.05, 0) is 0 Å². The fourth-order valence-electron chi connectivity index (χ4n) is 0.912. The molecule has 13 heavy (non-hydrogen) atoms. The van der Waals surface area contributed by atoms with Gasteiger partial charge in [0.05, 0.1) is 7.11 Å². The van der Waals surface area contributed by atoms with Crippen molar-refractivity contribution in [3.63, 3.8) is 0 Å². The summed E-state index contributed by atoms with van der Waals surface area (Å²) >= 11 is 5.59. The summed E-state index contributed by atoms with van der Waals surface area (Å²) in [7, 11) is 1.17. The summed E-state index contributed by atoms with van der Waals surface area (Å²) in [6.07, 6.45) is 0. The molecule has 1 aromatic rings. The molecule has 1 rings (SSSR count). The van der Waals surface area contributed by atoms with Crippen LogP contribution in [0.1, 0.15) is 5.56 Å². The smallest absolute Gasteiger partial charge is 0.358 e. The molecule has 1 aromatic carbocycles. The van der Waals surface area contributed by atoms with Crippen LogP contribution in [0.5, 0.6) is 0 Å². The Balaban J connectivity index is 3.00. The van der Waals surface area contributed by atoms with Crippen LogP contribution in [-0.4, -0.2) is 18.2 Å². The maximum atomic E-state index is 11.0. The predicted molar refractivity (Wildman–Crippen MR) is 48.2 cm³/mol. The normalized spacial score (nSPS) is 14.7. The lowest BCUT2D eigenvalue weighted by molar-refractivity contribution is -0.154. The quantitative estimate of drug-likeness (QED) is 0.577. The van der Waals surface area contributed by atoms with E-state index in [1.54, 1.807) is 30.3 Å². The van der Waals surface area contributed by atoms with Crippen molar-refractivity contribution in [1.29, 1.82) is 0 Å². The van der Waals surface area contributed by atoms with Crippen molar-refractivity contribution in [2.24, 2.45) is 0 Å². The van der Waals surface area contributed by atoms with Gasteiger partial charge < -0.3 is 9.84 Å². The van der Waals surface area contributed by atoms with Gasteiger partial charge in [0.2, 0.25) is 0 Å². The molecule has 0 aromatic heterocycles. The zero-order chi connectivity index (χ0) is 9.90. The number of rotatable bonds is 2. The summed E-state index contributed by atoms with van der Waals surface area (Å²) in [5.41, 5.74) is 0.295. The summed E-state index contributed by atoms with van der Waals surface area (Å²) in [6.45, 7) is 0. The zero-order valence-corrected chi connectivity index (χ0v) is 7.78. The van der Waals surface area contributed by atoms with Crippen molar-refractivity contribution < 1.29 is 14.6 Å². The zero-order valence-electron chi connectivity index (χ0n) is 7.03. The first-order valence-corrected chi connectivity index (χ1v) is 4.02. The molecule has 0 aliphatic heterocycles. The molecule has 0 saturated heterocycles. The van der Waals surface area contributed by atoms with Crippen LogP contribution < -0.4 is 0 Å². The Morgan fingerprint density at radius 3 is 2.46 bits per heavy atom. The summed E-state index contributed by atoms with van der Waals surface area (Å²) in [4.78, 5) is 11.0. The number of carbonyl (C=O) groups is 1. The van der Waals surface area contributed by atoms with Crippen molar-refractivity contribution in [2.75, 3.05) is 7.11 Å². The highest BCUT2D eigenvalue weighted by Crippen LogP contribution is 2.26. The molecular formula is C9H9ClO3. The molecule has 0 aliphatic carbocycles. The Bertz CT molecular complexity index is 295. The molecular weight excluding hydrogens is 192 g/mol. The monoisotopic (exact) mass is 200 g/mol. The minimum atomic E-state index is -2.09. The van der Waals surface area contributed by atoms with Crippen LogP contribution in [0.15, 0.2) is 30.3 Å². The molecule has 0 amide bonds. The molecule has 3 nitrogen and oxygen atoms in total. The number of esters is 1. The minimum Gasteiger partial charge on any atom is -0.466 e. The second-order valence-corrected chi connectivity index (χ2v) is 3.03. The van der Waals surface area contributed by atoms with Gasteiger partial charge in [0.15, 0.2) is 0 Å². The second kappa shape index (κ2) is 3.77. The van der Waals surface area contributed by atoms with Gasteiger partial charge in [-0.3, -0.25) is 0 Å². The summed E-state index contributed by atoms with van der Waals surface area (Å²) in [5.74, 6) is -0.889. The third-order valence-corrected chi connectivity index (χ3v) is 1.98. The van der Waals surface area contributed by atoms with Gasteiger partial charge in [-0.25, -0.2) is 4.79 Å². The topological polar surface area (TPSA) is 46.5 Å². The number of carbonyl (C=O) groups excluding carboxylic acids is 1. The van der Waals surface area contributed by atoms with E-state index < -0.39 is 11.0 Å². The first kappa shape index (κ1) is 10.0. The first-order valence-electron chi connectivity index (χ1n) is 3.64. The van der Waals surface area contributed by atoms with E-state index in [0.29, 0.717) is 5.56 Å². The van der Waals surface area contributed by atoms with Gasteiger partial charge in [0.1, 0.15) is 0 Å². The maximum Gasteiger partial charge on any atom is 0.358 e. The van der Waals surface area contributed by atoms with E-state index in [4.69, 9.17) is 11.6 Å². The summed E-state index contributed by atoms with van der Waals surface area (Å²) in [6, 6.07) is 8.19. The predicted octanol–water partition coefficient (Wildman–Crippen LogP) is 1.24. The van der Waals surface area contributed by atoms with Crippen LogP contribution in [0.25, 0.3) is 0 Å². The number of aliphatic hydroxyl groups is 1. The van der Waals surface area contributed by atoms with Crippen molar-refractivity contribution >= 4 is 17.6 Å². The fraction of sp³-hybridized carbons (Fsp3) is 0.222. The van der Waals surface area contributed by atoms with Crippen molar-refractivity contribution in [1.82, 2.24) is 0 Å². The number of ether oxygens (including phenoxy) is 1. The second-order valence-electron chi connectivity index (χ2n) is 2.48. The van der Waals surface area contributed by atoms with E-state index in [0.717, 1.165) is 0 Å². The van der Waals surface area contributed by atoms with Crippen LogP contribution in [-0.2, 0) is 14.6 Å². The fourth-order valence-corrected chi connectivity index (χ4v) is 1.12. The van der Waals surface area contributed by atoms with E-state index >= 15 is 0 Å². The SMILES string of the molecule is COC(=O)[C@](O)(Cl)c1ccccc1. The molecule has 70 valence electrons. The van der Waals surface area contributed by atoms with Gasteiger partial charge in [-0.1, -0.05) is 41.9 Å². The highest BCUT2D eigenvalue weighted by Gasteiger charge is 2.36. The van der Waals surface area contributed by atoms with E-state index in [1.165, 1.54) is 7.11 Å². The Kier molecular flexibility index (Phi) is 2.90. The van der Waals surface area contributed by atoms with E-state index in [9.17, 15) is 9.90 Å². The third-order valence-electron chi connectivity index (χ3n) is 1.61. The van der Waals surface area contributed by atoms with Crippen LogP contribution in [0, 0.1) is 0 Å². The average molecular weight is 201 g/mol. The number of methoxy groups -OCH3 is 1. The Morgan fingerprint density at radius 1 is 1.46 bits per heavy atom. The van der Waals surface area contributed by atoms with E-state index in [-0.39, 0.29) is 0 Å². The highest BCUT2D eigenvalue weighted by atomic mass is 35.5. The standard InChI is InChI=1S/C9H9ClO3/c1-13-8(11)9(10,12)7-5-3-2-4-6-7/h2-6,12H,1H3/t9-/m0/s1. The Hall–Kier alpha value is -1.06. The first-order chi connectivity index (χ1) is 6.09. The number of hydrogen-bond acceptors (Lipinski definition) is 3. The van der Waals surface area contributed by atoms with E-state index in [1.807, 2.05) is 0 Å². The van der Waals surface area contributed by atoms with Crippen molar-refractivity contribution in [3.05, 3.63) is 35.9 Å². The number of alkyl halides is 1. The van der Waals surface area contributed by atoms with Crippen LogP contribution >= 0.6 is 11.6 Å². The van der Waals surface area contributed by atoms with Crippen LogP contribution in [0.2, 0.25) is 0 Å². The molecule has 0 heterocycles. The highest BCUT2D eigenvalue weighted by molar-refractivity contribution is 6.32. The molecule has 0 unspecified atom stereocenters. The van der Waals surface area contributed by atoms with Crippen LogP contribution in [0.3, 0.4) is 0 Å². The van der Waals surface area contributed by atoms with Crippen molar-refractivity contribution in [2.45, 2.75) is 5.06 Å². The number of hydrogen-bond donors (Lipinski definition) is 1. The molecule has 0 radical (unpaired) electrons. The molecule has 0 spiro atoms. The molecule has 0 aliphatic rings. The van der Waals surface area contributed by atoms with Gasteiger partial charge in [-0.15, -0.1) is 0 Å². The van der Waals surface area contributed by atoms with Gasteiger partial charge in [-0.2, -0.15) is 0 Å². The lowest BCUT2D eigenvalue weighted by atomic mass is 10.1. The molecule has 1 atom stereocenters. The average Bonchev–Trinajstić information content (AvgIpc) is 2.18. The lowest BCUT2D eigenvalue weighted by Gasteiger charge is -2.17. The summed E-state index contributed by atoms with van der Waals surface area (Å²) < 4.78 is 4.35. The maximum absolute atomic E-state index is 11.0. The van der Waals surface area contributed by atoms with Gasteiger partial charge in [0.25, 0.3) is 5.06 Å². The van der Waals surface area contributed by atoms with Gasteiger partial charge >= 0.3 is 5.97 Å². The third kappa shape index (κ3) is 1.99. The molecule has 0 bridgehead atoms. The Morgan fingerprint density at radius 2 is 2.00 bits per heavy atom. The molecule has 0 fully saturated rings. The molecule has 1 N–H and O–H groups in total. The summed E-state index contributed by atoms with van der Waals surface area (Å²) in [5, 5.41) is 7.46. The Labute approximate surface area is 80.9 Å². The molecule has 0 saturated carbocycles. The number of halogens is 1. The largest absolute Gasteiger partial charge is 0.466 e. The van der Waals surface area contributed by atoms with Crippen LogP contribution in [0.4, 0.5) is 0 Å². The van der Waals surface area contributed by atoms with E-state index in [2.05, 4.69) is 4.74 Å². The van der Waals surface area contributed by atoms with Gasteiger partial charge in [0, 0.05) is 5.56 Å². The molecule has 4 heteroatoms. The number of benzene rings is 1. The lowest BCUT2D eigenvalue weighted by Crippen LogP contribution is -2.30.